The molecule has 0 bridgehead atoms. The van der Waals surface area contributed by atoms with Crippen LogP contribution in [0.25, 0.3) is 11.0 Å². The number of aromatic nitrogens is 3. The van der Waals surface area contributed by atoms with Crippen LogP contribution in [0.5, 0.6) is 5.75 Å². The molecule has 14 nitrogen and oxygen atoms in total. The fourth-order valence-electron chi connectivity index (χ4n) is 8.02. The number of nitrogens with zero attached hydrogens (tertiary/aromatic N) is 3. The van der Waals surface area contributed by atoms with Gasteiger partial charge in [-0.05, 0) is 56.7 Å². The van der Waals surface area contributed by atoms with E-state index in [-0.39, 0.29) is 26.0 Å². The van der Waals surface area contributed by atoms with Gasteiger partial charge in [0.1, 0.15) is 23.6 Å². The molecule has 3 rings (SSSR count). The number of rotatable bonds is 42. The highest BCUT2D eigenvalue weighted by Gasteiger charge is 2.32. The highest BCUT2D eigenvalue weighted by atomic mass is 31.2. The molecule has 2 N–H and O–H groups in total. The van der Waals surface area contributed by atoms with Crippen molar-refractivity contribution in [3.8, 4) is 5.75 Å². The van der Waals surface area contributed by atoms with E-state index < -0.39 is 44.2 Å². The van der Waals surface area contributed by atoms with Crippen LogP contribution in [-0.2, 0) is 41.3 Å². The summed E-state index contributed by atoms with van der Waals surface area (Å²) < 4.78 is 40.9. The van der Waals surface area contributed by atoms with Crippen LogP contribution in [0, 0.1) is 0 Å². The molecule has 0 saturated heterocycles. The van der Waals surface area contributed by atoms with Gasteiger partial charge < -0.3 is 28.4 Å². The number of hydrogen-bond acceptors (Lipinski definition) is 11. The predicted molar refractivity (Wildman–Crippen MR) is 264 cm³/mol. The predicted octanol–water partition coefficient (Wildman–Crippen LogP) is 13.2. The Hall–Kier alpha value is -3.84. The van der Waals surface area contributed by atoms with Crippen molar-refractivity contribution in [3.63, 3.8) is 0 Å². The molecule has 0 spiro atoms. The van der Waals surface area contributed by atoms with Gasteiger partial charge in [0.2, 0.25) is 0 Å². The number of ether oxygens (including phenoxy) is 3. The molecule has 2 atom stereocenters. The topological polar surface area (TPSA) is 190 Å². The molecule has 2 heterocycles. The van der Waals surface area contributed by atoms with E-state index in [2.05, 4.69) is 36.3 Å². The summed E-state index contributed by atoms with van der Waals surface area (Å²) in [4.78, 5) is 57.5. The fraction of sp³-hybridized carbons (Fsp3) is 0.712. The van der Waals surface area contributed by atoms with E-state index in [1.807, 2.05) is 0 Å². The minimum absolute atomic E-state index is 0.00189. The van der Waals surface area contributed by atoms with Crippen LogP contribution < -0.4 is 10.4 Å². The van der Waals surface area contributed by atoms with Gasteiger partial charge in [0.05, 0.1) is 19.3 Å². The van der Waals surface area contributed by atoms with E-state index in [0.29, 0.717) is 29.9 Å². The van der Waals surface area contributed by atoms with Crippen molar-refractivity contribution < 1.29 is 47.1 Å². The molecule has 3 aromatic rings. The Morgan fingerprint density at radius 2 is 1.15 bits per heavy atom. The largest absolute Gasteiger partial charge is 0.487 e. The number of hydrogen-bond donors (Lipinski definition) is 2. The molecule has 2 aromatic heterocycles. The van der Waals surface area contributed by atoms with Gasteiger partial charge in [-0.2, -0.15) is 0 Å². The number of benzene rings is 1. The van der Waals surface area contributed by atoms with E-state index in [4.69, 9.17) is 23.2 Å². The number of phosphoric ester groups is 1. The first kappa shape index (κ1) is 57.5. The monoisotopic (exact) mass is 958 g/mol. The highest BCUT2D eigenvalue weighted by molar-refractivity contribution is 7.46. The average molecular weight is 958 g/mol. The molecule has 0 amide bonds. The lowest BCUT2D eigenvalue weighted by molar-refractivity contribution is -0.172. The lowest BCUT2D eigenvalue weighted by atomic mass is 10.0. The van der Waals surface area contributed by atoms with Crippen molar-refractivity contribution in [2.45, 2.75) is 232 Å². The molecule has 67 heavy (non-hydrogen) atoms. The number of phosphoric acid groups is 1. The molecule has 0 fully saturated rings. The summed E-state index contributed by atoms with van der Waals surface area (Å²) in [6.07, 6.45) is 36.3. The van der Waals surface area contributed by atoms with Crippen molar-refractivity contribution in [1.29, 1.82) is 0 Å². The quantitative estimate of drug-likeness (QED) is 0.0179. The third kappa shape index (κ3) is 28.9. The Morgan fingerprint density at radius 1 is 0.672 bits per heavy atom. The van der Waals surface area contributed by atoms with Crippen molar-refractivity contribution in [1.82, 2.24) is 15.0 Å². The molecule has 0 aliphatic heterocycles. The maximum Gasteiger partial charge on any atom is 0.469 e. The summed E-state index contributed by atoms with van der Waals surface area (Å²) in [5.74, 6) is -0.671. The molecule has 0 unspecified atom stereocenters. The minimum Gasteiger partial charge on any atom is -0.487 e. The van der Waals surface area contributed by atoms with E-state index in [9.17, 15) is 28.7 Å². The summed E-state index contributed by atoms with van der Waals surface area (Å²) in [5.41, 5.74) is 0.315. The summed E-state index contributed by atoms with van der Waals surface area (Å²) in [7, 11) is -4.98. The molecular formula is C52H84N3O11P. The van der Waals surface area contributed by atoms with Gasteiger partial charge in [-0.25, -0.2) is 14.0 Å². The molecular weight excluding hydrogens is 874 g/mol. The van der Waals surface area contributed by atoms with Crippen molar-refractivity contribution >= 4 is 30.7 Å². The summed E-state index contributed by atoms with van der Waals surface area (Å²) in [6.45, 7) is 3.64. The normalized spacial score (nSPS) is 12.8. The SMILES string of the molecule is CCCCCCCC/C=C\CCCCCCCC(=O)O[C@@H](COP(=O)(O)O)[C@H](Cn1cc(COc2ccc3ccc(=O)oc3c2)nn1)OC(=O)CCCCCCCCCCCCCCCCC. The van der Waals surface area contributed by atoms with Gasteiger partial charge in [0, 0.05) is 30.4 Å². The highest BCUT2D eigenvalue weighted by Crippen LogP contribution is 2.36. The smallest absolute Gasteiger partial charge is 0.469 e. The van der Waals surface area contributed by atoms with Gasteiger partial charge in [-0.3, -0.25) is 14.1 Å². The average Bonchev–Trinajstić information content (AvgIpc) is 3.76. The second-order valence-electron chi connectivity index (χ2n) is 18.1. The number of carbonyl (C=O) groups is 2. The zero-order chi connectivity index (χ0) is 48.2. The van der Waals surface area contributed by atoms with Crippen LogP contribution in [0.4, 0.5) is 0 Å². The molecule has 15 heteroatoms. The summed E-state index contributed by atoms with van der Waals surface area (Å²) >= 11 is 0. The molecule has 0 saturated carbocycles. The maximum atomic E-state index is 13.3. The maximum absolute atomic E-state index is 13.3. The number of esters is 2. The van der Waals surface area contributed by atoms with Crippen molar-refractivity contribution in [2.24, 2.45) is 0 Å². The van der Waals surface area contributed by atoms with Crippen LogP contribution in [-0.4, -0.2) is 55.5 Å². The summed E-state index contributed by atoms with van der Waals surface area (Å²) in [5, 5.41) is 9.09. The van der Waals surface area contributed by atoms with Gasteiger partial charge >= 0.3 is 25.4 Å². The Labute approximate surface area is 400 Å². The molecule has 0 aliphatic rings. The summed E-state index contributed by atoms with van der Waals surface area (Å²) in [6, 6.07) is 8.11. The first-order chi connectivity index (χ1) is 32.6. The fourth-order valence-corrected chi connectivity index (χ4v) is 8.36. The zero-order valence-corrected chi connectivity index (χ0v) is 41.9. The third-order valence-corrected chi connectivity index (χ3v) is 12.4. The van der Waals surface area contributed by atoms with E-state index in [1.54, 1.807) is 30.5 Å². The van der Waals surface area contributed by atoms with E-state index in [1.165, 1.54) is 120 Å². The van der Waals surface area contributed by atoms with Gasteiger partial charge in [0.15, 0.2) is 12.2 Å². The van der Waals surface area contributed by atoms with Crippen LogP contribution in [0.1, 0.15) is 212 Å². The Morgan fingerprint density at radius 3 is 1.67 bits per heavy atom. The van der Waals surface area contributed by atoms with Crippen LogP contribution in [0.2, 0.25) is 0 Å². The van der Waals surface area contributed by atoms with Crippen LogP contribution in [0.3, 0.4) is 0 Å². The van der Waals surface area contributed by atoms with Crippen molar-refractivity contribution in [3.05, 3.63) is 64.8 Å². The molecule has 0 aliphatic carbocycles. The lowest BCUT2D eigenvalue weighted by Crippen LogP contribution is -2.41. The van der Waals surface area contributed by atoms with Gasteiger partial charge in [-0.1, -0.05) is 172 Å². The first-order valence-corrected chi connectivity index (χ1v) is 27.4. The second kappa shape index (κ2) is 36.2. The minimum atomic E-state index is -4.98. The Bertz CT molecular complexity index is 1890. The van der Waals surface area contributed by atoms with Crippen LogP contribution >= 0.6 is 7.82 Å². The van der Waals surface area contributed by atoms with E-state index >= 15 is 0 Å². The lowest BCUT2D eigenvalue weighted by Gasteiger charge is -2.27. The van der Waals surface area contributed by atoms with Gasteiger partial charge in [0.25, 0.3) is 0 Å². The number of allylic oxidation sites excluding steroid dienone is 2. The number of carbonyl (C=O) groups excluding carboxylic acids is 2. The number of fused-ring (bicyclic) bond motifs is 1. The van der Waals surface area contributed by atoms with E-state index in [0.717, 1.165) is 63.2 Å². The Balaban J connectivity index is 1.51. The molecule has 378 valence electrons. The molecule has 1 aromatic carbocycles. The third-order valence-electron chi connectivity index (χ3n) is 11.9. The second-order valence-corrected chi connectivity index (χ2v) is 19.3. The molecule has 0 radical (unpaired) electrons. The standard InChI is InChI=1S/C52H84N3O11P/c1-3-5-7-9-11-13-15-17-19-21-23-25-27-29-31-33-50(56)65-48(41-55-40-45(53-54-55)42-62-46-37-35-44-36-38-52(58)64-47(44)39-46)49(43-63-67(59,60)61)66-51(57)34-32-30-28-26-24-22-20-18-16-14-12-10-8-6-4-2/h18,20,35-40,48-49H,3-17,19,21-34,41-43H2,1-2H3,(H2,59,60,61)/b20-18-/t48-,49-/m0/s1. The zero-order valence-electron chi connectivity index (χ0n) is 41.0. The van der Waals surface area contributed by atoms with Crippen molar-refractivity contribution in [2.75, 3.05) is 6.61 Å². The van der Waals surface area contributed by atoms with Crippen LogP contribution in [0.15, 0.2) is 57.9 Å². The first-order valence-electron chi connectivity index (χ1n) is 25.9. The Kier molecular flexibility index (Phi) is 31.0. The number of unbranched alkanes of at least 4 members (excludes halogenated alkanes) is 25. The van der Waals surface area contributed by atoms with Gasteiger partial charge in [-0.15, -0.1) is 5.10 Å².